The number of hydrogen-bond acceptors (Lipinski definition) is 6. The van der Waals surface area contributed by atoms with Crippen molar-refractivity contribution < 1.29 is 9.53 Å². The van der Waals surface area contributed by atoms with Gasteiger partial charge in [-0.05, 0) is 66.9 Å². The average molecular weight is 330 g/mol. The van der Waals surface area contributed by atoms with Crippen LogP contribution in [0, 0.1) is 5.92 Å². The lowest BCUT2D eigenvalue weighted by molar-refractivity contribution is -0.116. The molecule has 2 aromatic rings. The Bertz CT molecular complexity index is 667. The highest BCUT2D eigenvalue weighted by Crippen LogP contribution is 2.26. The van der Waals surface area contributed by atoms with Gasteiger partial charge in [-0.2, -0.15) is 4.68 Å². The third-order valence-corrected chi connectivity index (χ3v) is 4.30. The Kier molecular flexibility index (Phi) is 5.37. The van der Waals surface area contributed by atoms with Crippen LogP contribution in [0.5, 0.6) is 5.75 Å². The van der Waals surface area contributed by atoms with Crippen molar-refractivity contribution in [1.82, 2.24) is 25.5 Å². The van der Waals surface area contributed by atoms with E-state index in [2.05, 4.69) is 26.2 Å². The highest BCUT2D eigenvalue weighted by Gasteiger charge is 2.15. The molecule has 2 N–H and O–H groups in total. The smallest absolute Gasteiger partial charge is 0.224 e. The lowest BCUT2D eigenvalue weighted by atomic mass is 9.93. The van der Waals surface area contributed by atoms with Crippen molar-refractivity contribution >= 4 is 11.6 Å². The first kappa shape index (κ1) is 16.4. The molecular weight excluding hydrogens is 308 g/mol. The number of carbonyl (C=O) groups is 1. The molecule has 8 nitrogen and oxygen atoms in total. The number of piperidine rings is 1. The topological polar surface area (TPSA) is 94.0 Å². The second kappa shape index (κ2) is 7.87. The minimum atomic E-state index is 0.0290. The van der Waals surface area contributed by atoms with E-state index in [-0.39, 0.29) is 5.91 Å². The number of anilines is 1. The van der Waals surface area contributed by atoms with Crippen LogP contribution in [0.15, 0.2) is 24.5 Å². The van der Waals surface area contributed by atoms with Gasteiger partial charge in [-0.3, -0.25) is 4.79 Å². The van der Waals surface area contributed by atoms with Crippen molar-refractivity contribution in [2.45, 2.75) is 25.7 Å². The average Bonchev–Trinajstić information content (AvgIpc) is 3.15. The predicted molar refractivity (Wildman–Crippen MR) is 89.2 cm³/mol. The molecule has 8 heteroatoms. The van der Waals surface area contributed by atoms with Gasteiger partial charge < -0.3 is 15.4 Å². The molecule has 1 fully saturated rings. The van der Waals surface area contributed by atoms with Gasteiger partial charge in [0.25, 0.3) is 0 Å². The molecule has 1 amide bonds. The van der Waals surface area contributed by atoms with Crippen molar-refractivity contribution in [1.29, 1.82) is 0 Å². The molecule has 3 rings (SSSR count). The number of ether oxygens (including phenoxy) is 1. The normalized spacial score (nSPS) is 15.2. The maximum absolute atomic E-state index is 12.2. The fourth-order valence-electron chi connectivity index (χ4n) is 2.95. The number of nitrogens with zero attached hydrogens (tertiary/aromatic N) is 4. The Morgan fingerprint density at radius 3 is 2.96 bits per heavy atom. The number of nitrogens with one attached hydrogen (secondary N) is 2. The fourth-order valence-corrected chi connectivity index (χ4v) is 2.95. The molecule has 0 bridgehead atoms. The Morgan fingerprint density at radius 2 is 2.25 bits per heavy atom. The first-order valence-corrected chi connectivity index (χ1v) is 8.18. The molecule has 1 saturated heterocycles. The van der Waals surface area contributed by atoms with E-state index >= 15 is 0 Å². The summed E-state index contributed by atoms with van der Waals surface area (Å²) < 4.78 is 6.82. The Labute approximate surface area is 140 Å². The molecule has 0 unspecified atom stereocenters. The summed E-state index contributed by atoms with van der Waals surface area (Å²) in [7, 11) is 1.58. The fraction of sp³-hybridized carbons (Fsp3) is 0.500. The molecule has 0 saturated carbocycles. The maximum atomic E-state index is 12.2. The van der Waals surface area contributed by atoms with Gasteiger partial charge in [0, 0.05) is 12.1 Å². The van der Waals surface area contributed by atoms with Gasteiger partial charge in [0.1, 0.15) is 17.8 Å². The van der Waals surface area contributed by atoms with Gasteiger partial charge in [0.15, 0.2) is 0 Å². The van der Waals surface area contributed by atoms with Crippen LogP contribution in [0.25, 0.3) is 5.69 Å². The van der Waals surface area contributed by atoms with Gasteiger partial charge in [-0.25, -0.2) is 0 Å². The third kappa shape index (κ3) is 4.08. The summed E-state index contributed by atoms with van der Waals surface area (Å²) in [5.74, 6) is 1.31. The van der Waals surface area contributed by atoms with Crippen molar-refractivity contribution in [2.75, 3.05) is 25.5 Å². The van der Waals surface area contributed by atoms with Gasteiger partial charge in [-0.15, -0.1) is 5.10 Å². The minimum absolute atomic E-state index is 0.0290. The molecule has 0 radical (unpaired) electrons. The number of amides is 1. The number of aromatic nitrogens is 4. The Morgan fingerprint density at radius 1 is 1.42 bits per heavy atom. The summed E-state index contributed by atoms with van der Waals surface area (Å²) in [4.78, 5) is 12.2. The monoisotopic (exact) mass is 330 g/mol. The van der Waals surface area contributed by atoms with Crippen LogP contribution in [-0.2, 0) is 4.79 Å². The molecule has 128 valence electrons. The summed E-state index contributed by atoms with van der Waals surface area (Å²) in [6.45, 7) is 2.11. The number of carbonyl (C=O) groups excluding carboxylic acids is 1. The van der Waals surface area contributed by atoms with E-state index < -0.39 is 0 Å². The lowest BCUT2D eigenvalue weighted by Crippen LogP contribution is -2.28. The molecule has 0 spiro atoms. The van der Waals surface area contributed by atoms with E-state index in [1.807, 2.05) is 6.07 Å². The standard InChI is InChI=1S/C16H22N6O2/c1-24-15-4-3-13(10-14(15)22-11-18-20-21-22)19-16(23)5-2-12-6-8-17-9-7-12/h3-4,10-12,17H,2,5-9H2,1H3,(H,19,23). The number of tetrazole rings is 1. The molecule has 24 heavy (non-hydrogen) atoms. The van der Waals surface area contributed by atoms with Gasteiger partial charge in [0.05, 0.1) is 7.11 Å². The Hall–Kier alpha value is -2.48. The van der Waals surface area contributed by atoms with Crippen LogP contribution >= 0.6 is 0 Å². The van der Waals surface area contributed by atoms with E-state index in [1.54, 1.807) is 19.2 Å². The van der Waals surface area contributed by atoms with E-state index in [1.165, 1.54) is 11.0 Å². The summed E-state index contributed by atoms with van der Waals surface area (Å²) in [6, 6.07) is 5.41. The zero-order valence-corrected chi connectivity index (χ0v) is 13.7. The summed E-state index contributed by atoms with van der Waals surface area (Å²) in [5.41, 5.74) is 1.38. The van der Waals surface area contributed by atoms with E-state index in [0.29, 0.717) is 29.5 Å². The predicted octanol–water partition coefficient (Wildman–Crippen LogP) is 1.39. The van der Waals surface area contributed by atoms with Crippen molar-refractivity contribution in [3.05, 3.63) is 24.5 Å². The second-order valence-corrected chi connectivity index (χ2v) is 5.92. The summed E-state index contributed by atoms with van der Waals surface area (Å²) >= 11 is 0. The molecule has 0 aliphatic carbocycles. The maximum Gasteiger partial charge on any atom is 0.224 e. The third-order valence-electron chi connectivity index (χ3n) is 4.30. The van der Waals surface area contributed by atoms with Gasteiger partial charge in [0.2, 0.25) is 5.91 Å². The number of hydrogen-bond donors (Lipinski definition) is 2. The second-order valence-electron chi connectivity index (χ2n) is 5.92. The minimum Gasteiger partial charge on any atom is -0.494 e. The SMILES string of the molecule is COc1ccc(NC(=O)CCC2CCNCC2)cc1-n1cnnn1. The molecule has 0 atom stereocenters. The van der Waals surface area contributed by atoms with Crippen molar-refractivity contribution in [3.63, 3.8) is 0 Å². The lowest BCUT2D eigenvalue weighted by Gasteiger charge is -2.22. The zero-order chi connectivity index (χ0) is 16.8. The van der Waals surface area contributed by atoms with E-state index in [0.717, 1.165) is 32.4 Å². The van der Waals surface area contributed by atoms with Crippen molar-refractivity contribution in [2.24, 2.45) is 5.92 Å². The molecule has 1 aliphatic rings. The van der Waals surface area contributed by atoms with Crippen LogP contribution in [-0.4, -0.2) is 46.3 Å². The number of rotatable bonds is 6. The summed E-state index contributed by atoms with van der Waals surface area (Å²) in [6.07, 6.45) is 5.26. The largest absolute Gasteiger partial charge is 0.494 e. The molecule has 1 aliphatic heterocycles. The van der Waals surface area contributed by atoms with Gasteiger partial charge in [-0.1, -0.05) is 0 Å². The van der Waals surface area contributed by atoms with Crippen LogP contribution in [0.3, 0.4) is 0 Å². The quantitative estimate of drug-likeness (QED) is 0.831. The Balaban J connectivity index is 1.62. The zero-order valence-electron chi connectivity index (χ0n) is 13.7. The van der Waals surface area contributed by atoms with Crippen LogP contribution in [0.4, 0.5) is 5.69 Å². The van der Waals surface area contributed by atoms with E-state index in [9.17, 15) is 4.79 Å². The van der Waals surface area contributed by atoms with Crippen molar-refractivity contribution in [3.8, 4) is 11.4 Å². The first-order valence-electron chi connectivity index (χ1n) is 8.18. The van der Waals surface area contributed by atoms with Crippen LogP contribution < -0.4 is 15.4 Å². The number of benzene rings is 1. The van der Waals surface area contributed by atoms with Crippen LogP contribution in [0.1, 0.15) is 25.7 Å². The molecule has 1 aromatic carbocycles. The molecule has 2 heterocycles. The highest BCUT2D eigenvalue weighted by molar-refractivity contribution is 5.91. The number of methoxy groups -OCH3 is 1. The highest BCUT2D eigenvalue weighted by atomic mass is 16.5. The van der Waals surface area contributed by atoms with Gasteiger partial charge >= 0.3 is 0 Å². The summed E-state index contributed by atoms with van der Waals surface area (Å²) in [5, 5.41) is 17.4. The molecular formula is C16H22N6O2. The first-order chi connectivity index (χ1) is 11.8. The molecule has 1 aromatic heterocycles. The van der Waals surface area contributed by atoms with E-state index in [4.69, 9.17) is 4.74 Å². The van der Waals surface area contributed by atoms with Crippen LogP contribution in [0.2, 0.25) is 0 Å².